The van der Waals surface area contributed by atoms with Crippen LogP contribution in [0.15, 0.2) is 24.3 Å². The van der Waals surface area contributed by atoms with Gasteiger partial charge in [-0.3, -0.25) is 9.59 Å². The average Bonchev–Trinajstić information content (AvgIpc) is 3.22. The normalized spacial score (nSPS) is 22.4. The van der Waals surface area contributed by atoms with Crippen LogP contribution < -0.4 is 10.6 Å². The number of benzene rings is 1. The first-order valence-corrected chi connectivity index (χ1v) is 11.7. The zero-order valence-electron chi connectivity index (χ0n) is 18.1. The molecule has 1 aliphatic carbocycles. The summed E-state index contributed by atoms with van der Waals surface area (Å²) < 4.78 is 1.76. The van der Waals surface area contributed by atoms with Gasteiger partial charge >= 0.3 is 11.8 Å². The van der Waals surface area contributed by atoms with Gasteiger partial charge in [-0.1, -0.05) is 32.9 Å². The number of hydrogen-bond acceptors (Lipinski definition) is 4. The molecular weight excluding hydrogens is 396 g/mol. The van der Waals surface area contributed by atoms with E-state index >= 15 is 0 Å². The Labute approximate surface area is 182 Å². The van der Waals surface area contributed by atoms with Crippen molar-refractivity contribution in [1.29, 1.82) is 0 Å². The van der Waals surface area contributed by atoms with E-state index in [2.05, 4.69) is 31.4 Å². The predicted octanol–water partition coefficient (Wildman–Crippen LogP) is 4.20. The van der Waals surface area contributed by atoms with Crippen LogP contribution in [0.1, 0.15) is 56.9 Å². The molecule has 1 fully saturated rings. The Kier molecular flexibility index (Phi) is 5.66. The maximum atomic E-state index is 12.8. The minimum Gasteiger partial charge on any atom is -0.345 e. The zero-order valence-corrected chi connectivity index (χ0v) is 18.9. The van der Waals surface area contributed by atoms with Crippen molar-refractivity contribution >= 4 is 29.4 Å². The number of carbonyl (C=O) groups is 2. The summed E-state index contributed by atoms with van der Waals surface area (Å²) in [4.78, 5) is 25.5. The lowest BCUT2D eigenvalue weighted by Crippen LogP contribution is -2.46. The maximum absolute atomic E-state index is 12.8. The molecule has 2 aliphatic rings. The van der Waals surface area contributed by atoms with Gasteiger partial charge in [0.2, 0.25) is 0 Å². The highest BCUT2D eigenvalue weighted by Gasteiger charge is 2.34. The Morgan fingerprint density at radius 1 is 1.20 bits per heavy atom. The second-order valence-electron chi connectivity index (χ2n) is 9.56. The van der Waals surface area contributed by atoms with Gasteiger partial charge in [0.15, 0.2) is 0 Å². The van der Waals surface area contributed by atoms with E-state index in [0.29, 0.717) is 11.7 Å². The lowest BCUT2D eigenvalue weighted by Gasteiger charge is -2.39. The van der Waals surface area contributed by atoms with Gasteiger partial charge in [-0.2, -0.15) is 16.9 Å². The van der Waals surface area contributed by atoms with Crippen molar-refractivity contribution < 1.29 is 9.59 Å². The summed E-state index contributed by atoms with van der Waals surface area (Å²) in [6, 6.07) is 8.01. The summed E-state index contributed by atoms with van der Waals surface area (Å²) in [6.07, 6.45) is 2.95. The second-order valence-corrected chi connectivity index (χ2v) is 10.5. The maximum Gasteiger partial charge on any atom is 0.314 e. The topological polar surface area (TPSA) is 76.0 Å². The third-order valence-corrected chi connectivity index (χ3v) is 6.93. The molecule has 0 saturated heterocycles. The molecular formula is C23H30N4O2S. The van der Waals surface area contributed by atoms with E-state index in [9.17, 15) is 9.59 Å². The zero-order chi connectivity index (χ0) is 21.5. The third kappa shape index (κ3) is 4.41. The smallest absolute Gasteiger partial charge is 0.314 e. The molecule has 1 aromatic carbocycles. The van der Waals surface area contributed by atoms with E-state index in [1.54, 1.807) is 16.4 Å². The summed E-state index contributed by atoms with van der Waals surface area (Å²) >= 11 is 1.77. The second kappa shape index (κ2) is 8.10. The number of nitrogens with zero attached hydrogens (tertiary/aromatic N) is 2. The number of nitrogens with one attached hydrogen (secondary N) is 2. The van der Waals surface area contributed by atoms with Crippen molar-refractivity contribution in [2.24, 2.45) is 11.3 Å². The highest BCUT2D eigenvalue weighted by atomic mass is 32.2. The summed E-state index contributed by atoms with van der Waals surface area (Å²) in [7, 11) is 0. The molecule has 4 rings (SSSR count). The summed E-state index contributed by atoms with van der Waals surface area (Å²) in [5.41, 5.74) is 4.15. The van der Waals surface area contributed by atoms with Gasteiger partial charge in [0.1, 0.15) is 5.82 Å². The Morgan fingerprint density at radius 3 is 2.73 bits per heavy atom. The van der Waals surface area contributed by atoms with E-state index in [4.69, 9.17) is 5.10 Å². The number of anilines is 1. The van der Waals surface area contributed by atoms with Gasteiger partial charge in [-0.05, 0) is 55.2 Å². The third-order valence-electron chi connectivity index (χ3n) is 5.96. The van der Waals surface area contributed by atoms with Crippen LogP contribution in [0.4, 0.5) is 5.82 Å². The van der Waals surface area contributed by atoms with Crippen molar-refractivity contribution in [3.8, 4) is 5.69 Å². The lowest BCUT2D eigenvalue weighted by atomic mass is 9.70. The molecule has 160 valence electrons. The van der Waals surface area contributed by atoms with Crippen LogP contribution in [0, 0.1) is 18.3 Å². The van der Waals surface area contributed by atoms with E-state index in [-0.39, 0.29) is 11.5 Å². The van der Waals surface area contributed by atoms with Crippen LogP contribution in [-0.4, -0.2) is 27.6 Å². The predicted molar refractivity (Wildman–Crippen MR) is 121 cm³/mol. The van der Waals surface area contributed by atoms with Crippen molar-refractivity contribution in [2.75, 3.05) is 5.32 Å². The molecule has 0 radical (unpaired) electrons. The van der Waals surface area contributed by atoms with Crippen molar-refractivity contribution in [3.05, 3.63) is 41.1 Å². The first kappa shape index (κ1) is 21.0. The first-order valence-electron chi connectivity index (χ1n) is 10.6. The van der Waals surface area contributed by atoms with Crippen LogP contribution in [0.5, 0.6) is 0 Å². The molecule has 1 aliphatic heterocycles. The number of carbonyl (C=O) groups excluding carboxylic acids is 2. The van der Waals surface area contributed by atoms with E-state index in [0.717, 1.165) is 53.3 Å². The molecule has 30 heavy (non-hydrogen) atoms. The number of rotatable bonds is 3. The highest BCUT2D eigenvalue weighted by Crippen LogP contribution is 2.39. The molecule has 0 spiro atoms. The molecule has 2 aromatic rings. The van der Waals surface area contributed by atoms with Crippen LogP contribution in [0.3, 0.4) is 0 Å². The van der Waals surface area contributed by atoms with Crippen molar-refractivity contribution in [3.63, 3.8) is 0 Å². The Bertz CT molecular complexity index is 982. The molecule has 2 amide bonds. The molecule has 2 atom stereocenters. The van der Waals surface area contributed by atoms with Crippen LogP contribution in [-0.2, 0) is 21.1 Å². The van der Waals surface area contributed by atoms with Gasteiger partial charge in [0.05, 0.1) is 11.4 Å². The first-order chi connectivity index (χ1) is 14.2. The molecule has 1 saturated carbocycles. The molecule has 0 unspecified atom stereocenters. The largest absolute Gasteiger partial charge is 0.345 e. The number of fused-ring (bicyclic) bond motifs is 1. The van der Waals surface area contributed by atoms with Crippen LogP contribution >= 0.6 is 11.8 Å². The number of thioether (sulfide) groups is 1. The lowest BCUT2D eigenvalue weighted by molar-refractivity contribution is -0.137. The molecule has 7 heteroatoms. The number of aryl methyl sites for hydroxylation is 1. The highest BCUT2D eigenvalue weighted by molar-refractivity contribution is 7.98. The fraction of sp³-hybridized carbons (Fsp3) is 0.522. The fourth-order valence-electron chi connectivity index (χ4n) is 4.96. The van der Waals surface area contributed by atoms with Crippen LogP contribution in [0.25, 0.3) is 5.69 Å². The molecule has 2 N–H and O–H groups in total. The van der Waals surface area contributed by atoms with E-state index in [1.165, 1.54) is 0 Å². The Hall–Kier alpha value is -2.28. The van der Waals surface area contributed by atoms with Gasteiger partial charge in [0.25, 0.3) is 0 Å². The molecule has 2 heterocycles. The average molecular weight is 427 g/mol. The van der Waals surface area contributed by atoms with Crippen LogP contribution in [0.2, 0.25) is 0 Å². The summed E-state index contributed by atoms with van der Waals surface area (Å²) in [6.45, 7) is 8.68. The minimum atomic E-state index is -0.625. The summed E-state index contributed by atoms with van der Waals surface area (Å²) in [5.74, 6) is 1.55. The summed E-state index contributed by atoms with van der Waals surface area (Å²) in [5, 5.41) is 10.5. The molecule has 1 aromatic heterocycles. The molecule has 0 bridgehead atoms. The van der Waals surface area contributed by atoms with E-state index in [1.807, 2.05) is 31.2 Å². The monoisotopic (exact) mass is 426 g/mol. The van der Waals surface area contributed by atoms with Crippen molar-refractivity contribution in [1.82, 2.24) is 15.1 Å². The van der Waals surface area contributed by atoms with Gasteiger partial charge in [-0.15, -0.1) is 0 Å². The van der Waals surface area contributed by atoms with Gasteiger partial charge in [0, 0.05) is 23.1 Å². The van der Waals surface area contributed by atoms with Gasteiger partial charge < -0.3 is 10.6 Å². The van der Waals surface area contributed by atoms with Crippen molar-refractivity contribution in [2.45, 2.75) is 64.5 Å². The quantitative estimate of drug-likeness (QED) is 0.722. The standard InChI is InChI=1S/C23H30N4O2S/c1-14-6-5-7-17(9-14)27-20(18-12-30-13-19(18)26-27)25-22(29)21(28)24-16-8-15(2)10-23(3,4)11-16/h5-7,9,15-16H,8,10-13H2,1-4H3,(H,24,28)(H,25,29)/t15-,16-/m1/s1. The number of aromatic nitrogens is 2. The fourth-order valence-corrected chi connectivity index (χ4v) is 5.99. The Balaban J connectivity index is 1.52. The molecule has 6 nitrogen and oxygen atoms in total. The van der Waals surface area contributed by atoms with E-state index < -0.39 is 11.8 Å². The Morgan fingerprint density at radius 2 is 2.00 bits per heavy atom. The number of amides is 2. The minimum absolute atomic E-state index is 0.0324. The SMILES string of the molecule is Cc1cccc(-n2nc3c(c2NC(=O)C(=O)N[C@@H]2C[C@@H](C)CC(C)(C)C2)CSC3)c1. The number of hydrogen-bond donors (Lipinski definition) is 2. The van der Waals surface area contributed by atoms with Gasteiger partial charge in [-0.25, -0.2) is 4.68 Å².